The molecule has 0 bridgehead atoms. The van der Waals surface area contributed by atoms with E-state index in [4.69, 9.17) is 21.6 Å². The van der Waals surface area contributed by atoms with Gasteiger partial charge in [-0.2, -0.15) is 13.2 Å². The summed E-state index contributed by atoms with van der Waals surface area (Å²) in [5.74, 6) is 0. The van der Waals surface area contributed by atoms with E-state index in [0.717, 1.165) is 12.3 Å². The SMILES string of the molecule is OB(O)c1cnc(Cl)c(-c2ccccc2C(F)(F)F)c1. The van der Waals surface area contributed by atoms with Crippen LogP contribution in [-0.2, 0) is 6.18 Å². The van der Waals surface area contributed by atoms with Crippen molar-refractivity contribution >= 4 is 24.2 Å². The Labute approximate surface area is 117 Å². The normalized spacial score (nSPS) is 11.5. The van der Waals surface area contributed by atoms with Crippen LogP contribution < -0.4 is 5.46 Å². The Kier molecular flexibility index (Phi) is 4.03. The first-order valence-corrected chi connectivity index (χ1v) is 5.86. The molecule has 1 aromatic carbocycles. The highest BCUT2D eigenvalue weighted by Gasteiger charge is 2.34. The Bertz CT molecular complexity index is 634. The van der Waals surface area contributed by atoms with Crippen LogP contribution in [0.2, 0.25) is 5.15 Å². The summed E-state index contributed by atoms with van der Waals surface area (Å²) >= 11 is 5.82. The lowest BCUT2D eigenvalue weighted by atomic mass is 9.80. The summed E-state index contributed by atoms with van der Waals surface area (Å²) < 4.78 is 38.9. The van der Waals surface area contributed by atoms with Gasteiger partial charge in [-0.1, -0.05) is 29.8 Å². The Morgan fingerprint density at radius 2 is 1.75 bits per heavy atom. The highest BCUT2D eigenvalue weighted by molar-refractivity contribution is 6.58. The molecule has 0 atom stereocenters. The van der Waals surface area contributed by atoms with Crippen LogP contribution in [0.3, 0.4) is 0 Å². The number of halogens is 4. The minimum atomic E-state index is -4.55. The third kappa shape index (κ3) is 2.95. The summed E-state index contributed by atoms with van der Waals surface area (Å²) in [6.07, 6.45) is -3.46. The number of nitrogens with zero attached hydrogens (tertiary/aromatic N) is 1. The van der Waals surface area contributed by atoms with Crippen molar-refractivity contribution in [2.24, 2.45) is 0 Å². The summed E-state index contributed by atoms with van der Waals surface area (Å²) in [7, 11) is -1.84. The number of alkyl halides is 3. The second-order valence-corrected chi connectivity index (χ2v) is 4.38. The first-order valence-electron chi connectivity index (χ1n) is 5.49. The van der Waals surface area contributed by atoms with Crippen molar-refractivity contribution in [3.05, 3.63) is 47.2 Å². The third-order valence-electron chi connectivity index (χ3n) is 2.68. The molecule has 8 heteroatoms. The summed E-state index contributed by atoms with van der Waals surface area (Å²) in [4.78, 5) is 3.68. The molecule has 0 saturated heterocycles. The molecule has 2 rings (SSSR count). The van der Waals surface area contributed by atoms with Crippen molar-refractivity contribution in [3.63, 3.8) is 0 Å². The topological polar surface area (TPSA) is 53.4 Å². The van der Waals surface area contributed by atoms with Gasteiger partial charge in [-0.15, -0.1) is 0 Å². The lowest BCUT2D eigenvalue weighted by Gasteiger charge is -2.14. The molecule has 0 unspecified atom stereocenters. The van der Waals surface area contributed by atoms with Gasteiger partial charge in [0.15, 0.2) is 0 Å². The number of hydrogen-bond acceptors (Lipinski definition) is 3. The second-order valence-electron chi connectivity index (χ2n) is 4.02. The Morgan fingerprint density at radius 1 is 1.10 bits per heavy atom. The van der Waals surface area contributed by atoms with Crippen molar-refractivity contribution in [1.82, 2.24) is 4.98 Å². The summed E-state index contributed by atoms with van der Waals surface area (Å²) in [6.45, 7) is 0. The fraction of sp³-hybridized carbons (Fsp3) is 0.0833. The van der Waals surface area contributed by atoms with Gasteiger partial charge in [0.25, 0.3) is 0 Å². The van der Waals surface area contributed by atoms with E-state index in [-0.39, 0.29) is 21.7 Å². The third-order valence-corrected chi connectivity index (χ3v) is 2.98. The van der Waals surface area contributed by atoms with E-state index >= 15 is 0 Å². The van der Waals surface area contributed by atoms with Gasteiger partial charge in [-0.25, -0.2) is 4.98 Å². The van der Waals surface area contributed by atoms with Crippen LogP contribution in [0.1, 0.15) is 5.56 Å². The zero-order chi connectivity index (χ0) is 14.9. The zero-order valence-electron chi connectivity index (χ0n) is 9.89. The van der Waals surface area contributed by atoms with Crippen LogP contribution in [0, 0.1) is 0 Å². The van der Waals surface area contributed by atoms with Crippen LogP contribution in [-0.4, -0.2) is 22.2 Å². The Morgan fingerprint density at radius 3 is 2.35 bits per heavy atom. The maximum atomic E-state index is 13.0. The molecule has 2 aromatic rings. The maximum Gasteiger partial charge on any atom is 0.490 e. The van der Waals surface area contributed by atoms with Crippen LogP contribution in [0.15, 0.2) is 36.5 Å². The fourth-order valence-corrected chi connectivity index (χ4v) is 1.96. The largest absolute Gasteiger partial charge is 0.490 e. The summed E-state index contributed by atoms with van der Waals surface area (Å²) in [6, 6.07) is 6.04. The molecule has 0 spiro atoms. The maximum absolute atomic E-state index is 13.0. The summed E-state index contributed by atoms with van der Waals surface area (Å²) in [5.41, 5.74) is -1.08. The molecular formula is C12H8BClF3NO2. The fourth-order valence-electron chi connectivity index (χ4n) is 1.76. The van der Waals surface area contributed by atoms with Crippen molar-refractivity contribution in [3.8, 4) is 11.1 Å². The van der Waals surface area contributed by atoms with E-state index in [1.165, 1.54) is 24.3 Å². The highest BCUT2D eigenvalue weighted by Crippen LogP contribution is 2.38. The molecule has 0 fully saturated rings. The van der Waals surface area contributed by atoms with E-state index in [2.05, 4.69) is 4.98 Å². The average molecular weight is 301 g/mol. The smallest absolute Gasteiger partial charge is 0.423 e. The Hall–Kier alpha value is -1.57. The molecule has 2 N–H and O–H groups in total. The van der Waals surface area contributed by atoms with Gasteiger partial charge < -0.3 is 10.0 Å². The molecule has 1 aromatic heterocycles. The number of pyridine rings is 1. The van der Waals surface area contributed by atoms with Gasteiger partial charge in [0.05, 0.1) is 5.56 Å². The molecule has 0 aliphatic rings. The monoisotopic (exact) mass is 301 g/mol. The molecule has 0 amide bonds. The van der Waals surface area contributed by atoms with E-state index < -0.39 is 18.9 Å². The molecule has 0 aliphatic carbocycles. The molecule has 0 radical (unpaired) electrons. The lowest BCUT2D eigenvalue weighted by molar-refractivity contribution is -0.137. The predicted molar refractivity (Wildman–Crippen MR) is 69.5 cm³/mol. The number of benzene rings is 1. The number of rotatable bonds is 2. The average Bonchev–Trinajstić information content (AvgIpc) is 2.38. The van der Waals surface area contributed by atoms with Crippen molar-refractivity contribution in [2.45, 2.75) is 6.18 Å². The van der Waals surface area contributed by atoms with Crippen molar-refractivity contribution < 1.29 is 23.2 Å². The minimum Gasteiger partial charge on any atom is -0.423 e. The van der Waals surface area contributed by atoms with Crippen molar-refractivity contribution in [1.29, 1.82) is 0 Å². The first kappa shape index (κ1) is 14.8. The van der Waals surface area contributed by atoms with E-state index in [1.54, 1.807) is 0 Å². The predicted octanol–water partition coefficient (Wildman–Crippen LogP) is 2.10. The molecule has 1 heterocycles. The van der Waals surface area contributed by atoms with Crippen LogP contribution in [0.4, 0.5) is 13.2 Å². The van der Waals surface area contributed by atoms with Gasteiger partial charge in [0, 0.05) is 17.2 Å². The van der Waals surface area contributed by atoms with E-state index in [1.807, 2.05) is 0 Å². The van der Waals surface area contributed by atoms with Crippen LogP contribution >= 0.6 is 11.6 Å². The van der Waals surface area contributed by atoms with Crippen LogP contribution in [0.25, 0.3) is 11.1 Å². The molecule has 3 nitrogen and oxygen atoms in total. The number of aromatic nitrogens is 1. The molecule has 0 saturated carbocycles. The molecule has 104 valence electrons. The van der Waals surface area contributed by atoms with E-state index in [0.29, 0.717) is 0 Å². The van der Waals surface area contributed by atoms with Gasteiger partial charge >= 0.3 is 13.3 Å². The van der Waals surface area contributed by atoms with Gasteiger partial charge in [0.2, 0.25) is 0 Å². The number of hydrogen-bond donors (Lipinski definition) is 2. The minimum absolute atomic E-state index is 0.00908. The van der Waals surface area contributed by atoms with Gasteiger partial charge in [-0.05, 0) is 17.7 Å². The van der Waals surface area contributed by atoms with Gasteiger partial charge in [-0.3, -0.25) is 0 Å². The highest BCUT2D eigenvalue weighted by atomic mass is 35.5. The van der Waals surface area contributed by atoms with Crippen molar-refractivity contribution in [2.75, 3.05) is 0 Å². The first-order chi connectivity index (χ1) is 9.30. The van der Waals surface area contributed by atoms with Crippen LogP contribution in [0.5, 0.6) is 0 Å². The second kappa shape index (κ2) is 5.44. The standard InChI is InChI=1S/C12H8BClF3NO2/c14-11-9(5-7(6-18-11)13(19)20)8-3-1-2-4-10(8)12(15,16)17/h1-6,19-20H. The zero-order valence-corrected chi connectivity index (χ0v) is 10.7. The lowest BCUT2D eigenvalue weighted by Crippen LogP contribution is -2.30. The quantitative estimate of drug-likeness (QED) is 0.660. The molecular weight excluding hydrogens is 293 g/mol. The summed E-state index contributed by atoms with van der Waals surface area (Å²) in [5, 5.41) is 18.0. The van der Waals surface area contributed by atoms with E-state index in [9.17, 15) is 13.2 Å². The molecule has 20 heavy (non-hydrogen) atoms. The van der Waals surface area contributed by atoms with Gasteiger partial charge in [0.1, 0.15) is 5.15 Å². The molecule has 0 aliphatic heterocycles. The Balaban J connectivity index is 2.66.